The van der Waals surface area contributed by atoms with Gasteiger partial charge in [0.2, 0.25) is 0 Å². The van der Waals surface area contributed by atoms with Crippen LogP contribution in [-0.4, -0.2) is 17.9 Å². The lowest BCUT2D eigenvalue weighted by molar-refractivity contribution is 0.0828. The summed E-state index contributed by atoms with van der Waals surface area (Å²) in [7, 11) is 0. The molecule has 1 fully saturated rings. The Hall–Kier alpha value is -3.74. The number of amides is 2. The van der Waals surface area contributed by atoms with Crippen LogP contribution in [0.4, 0.5) is 0 Å². The van der Waals surface area contributed by atoms with E-state index in [0.29, 0.717) is 17.1 Å². The molecule has 0 aliphatic heterocycles. The van der Waals surface area contributed by atoms with Crippen molar-refractivity contribution in [2.45, 2.75) is 38.4 Å². The first-order valence-electron chi connectivity index (χ1n) is 10.3. The first-order valence-corrected chi connectivity index (χ1v) is 10.3. The molecular weight excluding hydrogens is 396 g/mol. The summed E-state index contributed by atoms with van der Waals surface area (Å²) in [5.74, 6) is 1.04. The molecule has 0 bridgehead atoms. The molecule has 0 unspecified atom stereocenters. The van der Waals surface area contributed by atoms with Gasteiger partial charge in [0.1, 0.15) is 23.9 Å². The van der Waals surface area contributed by atoms with Crippen molar-refractivity contribution in [2.24, 2.45) is 0 Å². The molecule has 1 saturated carbocycles. The molecule has 1 heterocycles. The second kappa shape index (κ2) is 9.84. The van der Waals surface area contributed by atoms with Gasteiger partial charge in [0.05, 0.1) is 6.10 Å². The molecule has 2 amide bonds. The molecular formula is C24H24N2O5. The Labute approximate surface area is 180 Å². The van der Waals surface area contributed by atoms with Gasteiger partial charge >= 0.3 is 5.91 Å². The van der Waals surface area contributed by atoms with Crippen LogP contribution in [0.1, 0.15) is 52.4 Å². The van der Waals surface area contributed by atoms with E-state index in [0.717, 1.165) is 18.6 Å². The van der Waals surface area contributed by atoms with Crippen LogP contribution < -0.4 is 20.3 Å². The van der Waals surface area contributed by atoms with Crippen LogP contribution in [0.5, 0.6) is 11.5 Å². The average Bonchev–Trinajstić information content (AvgIpc) is 3.49. The predicted molar refractivity (Wildman–Crippen MR) is 114 cm³/mol. The third-order valence-electron chi connectivity index (χ3n) is 5.02. The Balaban J connectivity index is 1.24. The van der Waals surface area contributed by atoms with E-state index >= 15 is 0 Å². The van der Waals surface area contributed by atoms with Gasteiger partial charge in [-0.1, -0.05) is 18.2 Å². The summed E-state index contributed by atoms with van der Waals surface area (Å²) in [5.41, 5.74) is 5.15. The van der Waals surface area contributed by atoms with Gasteiger partial charge in [-0.15, -0.1) is 0 Å². The number of hydrazine groups is 1. The number of rotatable bonds is 7. The first-order chi connectivity index (χ1) is 15.2. The van der Waals surface area contributed by atoms with Crippen LogP contribution in [-0.2, 0) is 6.61 Å². The van der Waals surface area contributed by atoms with Gasteiger partial charge in [0, 0.05) is 5.56 Å². The lowest BCUT2D eigenvalue weighted by Crippen LogP contribution is -2.41. The lowest BCUT2D eigenvalue weighted by Gasteiger charge is -2.13. The summed E-state index contributed by atoms with van der Waals surface area (Å²) >= 11 is 0. The number of benzene rings is 2. The van der Waals surface area contributed by atoms with Crippen molar-refractivity contribution in [3.05, 3.63) is 83.8 Å². The van der Waals surface area contributed by atoms with Crippen LogP contribution in [0.3, 0.4) is 0 Å². The molecule has 1 aromatic heterocycles. The van der Waals surface area contributed by atoms with Crippen LogP contribution in [0.25, 0.3) is 0 Å². The number of carbonyl (C=O) groups excluding carboxylic acids is 2. The molecule has 1 aliphatic carbocycles. The summed E-state index contributed by atoms with van der Waals surface area (Å²) in [4.78, 5) is 24.5. The molecule has 4 rings (SSSR count). The minimum Gasteiger partial charge on any atom is -0.490 e. The fourth-order valence-corrected chi connectivity index (χ4v) is 3.38. The Bertz CT molecular complexity index is 1010. The summed E-state index contributed by atoms with van der Waals surface area (Å²) in [6.07, 6.45) is 4.79. The number of ether oxygens (including phenoxy) is 2. The standard InChI is InChI=1S/C24H24N2O5/c27-23(17-10-12-20(13-11-17)30-19-8-4-5-9-19)25-26-24(28)22-15-14-21(31-22)16-29-18-6-2-1-3-7-18/h1-3,6-7,10-15,19H,4-5,8-9,16H2,(H,25,27)(H,26,28). The summed E-state index contributed by atoms with van der Waals surface area (Å²) in [5, 5.41) is 0. The van der Waals surface area contributed by atoms with Gasteiger partial charge < -0.3 is 13.9 Å². The van der Waals surface area contributed by atoms with Crippen LogP contribution >= 0.6 is 0 Å². The number of hydrogen-bond donors (Lipinski definition) is 2. The van der Waals surface area contributed by atoms with E-state index in [1.807, 2.05) is 30.3 Å². The van der Waals surface area contributed by atoms with Crippen molar-refractivity contribution < 1.29 is 23.5 Å². The normalized spacial score (nSPS) is 13.5. The third-order valence-corrected chi connectivity index (χ3v) is 5.02. The number of carbonyl (C=O) groups is 2. The first kappa shape index (κ1) is 20.5. The zero-order valence-corrected chi connectivity index (χ0v) is 17.0. The second-order valence-corrected chi connectivity index (χ2v) is 7.32. The fraction of sp³-hybridized carbons (Fsp3) is 0.250. The van der Waals surface area contributed by atoms with E-state index in [-0.39, 0.29) is 18.5 Å². The van der Waals surface area contributed by atoms with Gasteiger partial charge in [-0.25, -0.2) is 0 Å². The van der Waals surface area contributed by atoms with Gasteiger partial charge in [0.15, 0.2) is 5.76 Å². The van der Waals surface area contributed by atoms with Crippen molar-refractivity contribution in [2.75, 3.05) is 0 Å². The maximum atomic E-state index is 12.3. The molecule has 31 heavy (non-hydrogen) atoms. The highest BCUT2D eigenvalue weighted by Gasteiger charge is 2.17. The van der Waals surface area contributed by atoms with Gasteiger partial charge in [0.25, 0.3) is 5.91 Å². The maximum absolute atomic E-state index is 12.3. The topological polar surface area (TPSA) is 89.8 Å². The highest BCUT2D eigenvalue weighted by atomic mass is 16.5. The average molecular weight is 420 g/mol. The van der Waals surface area contributed by atoms with Gasteiger partial charge in [-0.3, -0.25) is 20.4 Å². The quantitative estimate of drug-likeness (QED) is 0.558. The largest absolute Gasteiger partial charge is 0.490 e. The SMILES string of the molecule is O=C(NNC(=O)c1ccc(COc2ccccc2)o1)c1ccc(OC2CCCC2)cc1. The van der Waals surface area contributed by atoms with Gasteiger partial charge in [-0.2, -0.15) is 0 Å². The zero-order valence-electron chi connectivity index (χ0n) is 17.0. The molecule has 0 saturated heterocycles. The molecule has 160 valence electrons. The molecule has 7 nitrogen and oxygen atoms in total. The van der Waals surface area contributed by atoms with E-state index in [2.05, 4.69) is 10.9 Å². The molecule has 0 spiro atoms. The number of para-hydroxylation sites is 1. The molecule has 2 N–H and O–H groups in total. The van der Waals surface area contributed by atoms with Crippen molar-refractivity contribution in [3.63, 3.8) is 0 Å². The fourth-order valence-electron chi connectivity index (χ4n) is 3.38. The monoisotopic (exact) mass is 420 g/mol. The van der Waals surface area contributed by atoms with Crippen LogP contribution in [0.15, 0.2) is 71.1 Å². The summed E-state index contributed by atoms with van der Waals surface area (Å²) in [6, 6.07) is 19.3. The summed E-state index contributed by atoms with van der Waals surface area (Å²) < 4.78 is 17.0. The van der Waals surface area contributed by atoms with Crippen LogP contribution in [0.2, 0.25) is 0 Å². The summed E-state index contributed by atoms with van der Waals surface area (Å²) in [6.45, 7) is 0.193. The maximum Gasteiger partial charge on any atom is 0.305 e. The lowest BCUT2D eigenvalue weighted by atomic mass is 10.2. The predicted octanol–water partition coefficient (Wildman–Crippen LogP) is 4.25. The molecule has 2 aromatic carbocycles. The van der Waals surface area contributed by atoms with Gasteiger partial charge in [-0.05, 0) is 74.2 Å². The molecule has 1 aliphatic rings. The van der Waals surface area contributed by atoms with Crippen molar-refractivity contribution in [1.82, 2.24) is 10.9 Å². The van der Waals surface area contributed by atoms with Crippen molar-refractivity contribution >= 4 is 11.8 Å². The Morgan fingerprint density at radius 1 is 0.839 bits per heavy atom. The minimum absolute atomic E-state index is 0.0762. The minimum atomic E-state index is -0.555. The van der Waals surface area contributed by atoms with E-state index < -0.39 is 11.8 Å². The highest BCUT2D eigenvalue weighted by Crippen LogP contribution is 2.24. The zero-order chi connectivity index (χ0) is 21.5. The van der Waals surface area contributed by atoms with Crippen LogP contribution in [0, 0.1) is 0 Å². The van der Waals surface area contributed by atoms with E-state index in [1.165, 1.54) is 18.9 Å². The molecule has 7 heteroatoms. The molecule has 0 radical (unpaired) electrons. The Morgan fingerprint density at radius 3 is 2.29 bits per heavy atom. The number of nitrogens with one attached hydrogen (secondary N) is 2. The van der Waals surface area contributed by atoms with Crippen molar-refractivity contribution in [1.29, 1.82) is 0 Å². The number of furan rings is 1. The number of hydrogen-bond acceptors (Lipinski definition) is 5. The third kappa shape index (κ3) is 5.66. The van der Waals surface area contributed by atoms with E-state index in [1.54, 1.807) is 30.3 Å². The molecule has 3 aromatic rings. The smallest absolute Gasteiger partial charge is 0.305 e. The second-order valence-electron chi connectivity index (χ2n) is 7.32. The molecule has 0 atom stereocenters. The van der Waals surface area contributed by atoms with E-state index in [9.17, 15) is 9.59 Å². The Morgan fingerprint density at radius 2 is 1.55 bits per heavy atom. The highest BCUT2D eigenvalue weighted by molar-refractivity contribution is 5.98. The Kier molecular flexibility index (Phi) is 6.52. The van der Waals surface area contributed by atoms with E-state index in [4.69, 9.17) is 13.9 Å². The van der Waals surface area contributed by atoms with Crippen molar-refractivity contribution in [3.8, 4) is 11.5 Å².